The molecule has 2 atom stereocenters. The molecule has 232 valence electrons. The summed E-state index contributed by atoms with van der Waals surface area (Å²) in [5, 5.41) is 9.31. The van der Waals surface area contributed by atoms with Crippen molar-refractivity contribution in [2.45, 2.75) is 37.3 Å². The minimum absolute atomic E-state index is 0.00254. The molecule has 5 N–H and O–H groups in total. The van der Waals surface area contributed by atoms with Gasteiger partial charge >= 0.3 is 0 Å². The van der Waals surface area contributed by atoms with E-state index in [1.165, 1.54) is 6.07 Å². The van der Waals surface area contributed by atoms with Gasteiger partial charge in [-0.05, 0) is 48.6 Å². The van der Waals surface area contributed by atoms with Gasteiger partial charge in [0.1, 0.15) is 11.6 Å². The molecule has 1 heterocycles. The summed E-state index contributed by atoms with van der Waals surface area (Å²) in [4.78, 5) is 32.3. The maximum Gasteiger partial charge on any atom is 0.244 e. The lowest BCUT2D eigenvalue weighted by Gasteiger charge is -2.29. The maximum atomic E-state index is 14.0. The van der Waals surface area contributed by atoms with Gasteiger partial charge in [-0.3, -0.25) is 14.6 Å². The van der Waals surface area contributed by atoms with E-state index in [1.807, 2.05) is 41.3 Å². The fraction of sp³-hybridized carbons (Fsp3) is 0.324. The lowest BCUT2D eigenvalue weighted by molar-refractivity contribution is -0.133. The molecule has 0 spiro atoms. The Morgan fingerprint density at radius 1 is 1.02 bits per heavy atom. The monoisotopic (exact) mass is 602 g/mol. The SMILES string of the molecule is CN=C(N)NCCCC1NC(CNC(=O)/C=C/c2c(F)cccc2F)CCN(CC(c2ccccc2)c2ccccc2)C1=O. The summed E-state index contributed by atoms with van der Waals surface area (Å²) in [5.74, 6) is -1.64. The first-order valence-electron chi connectivity index (χ1n) is 14.9. The molecule has 1 aliphatic rings. The predicted octanol–water partition coefficient (Wildman–Crippen LogP) is 3.80. The van der Waals surface area contributed by atoms with Gasteiger partial charge in [-0.2, -0.15) is 0 Å². The van der Waals surface area contributed by atoms with Crippen molar-refractivity contribution in [3.8, 4) is 0 Å². The third-order valence-corrected chi connectivity index (χ3v) is 7.74. The molecule has 0 aromatic heterocycles. The lowest BCUT2D eigenvalue weighted by Crippen LogP contribution is -2.49. The van der Waals surface area contributed by atoms with Crippen LogP contribution in [-0.4, -0.2) is 68.0 Å². The third kappa shape index (κ3) is 9.21. The Labute approximate surface area is 257 Å². The van der Waals surface area contributed by atoms with Crippen molar-refractivity contribution >= 4 is 23.8 Å². The minimum Gasteiger partial charge on any atom is -0.370 e. The summed E-state index contributed by atoms with van der Waals surface area (Å²) in [6.07, 6.45) is 4.07. The quantitative estimate of drug-likeness (QED) is 0.109. The average Bonchev–Trinajstić information content (AvgIpc) is 3.19. The van der Waals surface area contributed by atoms with Crippen molar-refractivity contribution < 1.29 is 18.4 Å². The van der Waals surface area contributed by atoms with E-state index in [0.29, 0.717) is 44.9 Å². The highest BCUT2D eigenvalue weighted by molar-refractivity contribution is 5.91. The number of nitrogens with two attached hydrogens (primary N) is 1. The van der Waals surface area contributed by atoms with Crippen LogP contribution in [0, 0.1) is 11.6 Å². The zero-order valence-corrected chi connectivity index (χ0v) is 24.9. The first-order valence-corrected chi connectivity index (χ1v) is 14.9. The normalized spacial score (nSPS) is 17.6. The van der Waals surface area contributed by atoms with E-state index in [0.717, 1.165) is 35.4 Å². The molecule has 3 aromatic carbocycles. The number of carbonyl (C=O) groups excluding carboxylic acids is 2. The van der Waals surface area contributed by atoms with E-state index in [4.69, 9.17) is 5.73 Å². The van der Waals surface area contributed by atoms with E-state index in [1.54, 1.807) is 7.05 Å². The molecule has 0 radical (unpaired) electrons. The molecule has 4 rings (SSSR count). The molecule has 2 unspecified atom stereocenters. The van der Waals surface area contributed by atoms with Gasteiger partial charge in [-0.25, -0.2) is 8.78 Å². The number of benzene rings is 3. The number of carbonyl (C=O) groups is 2. The molecular formula is C34H40F2N6O2. The smallest absolute Gasteiger partial charge is 0.244 e. The Bertz CT molecular complexity index is 1370. The second kappa shape index (κ2) is 16.3. The van der Waals surface area contributed by atoms with E-state index in [2.05, 4.69) is 45.2 Å². The summed E-state index contributed by atoms with van der Waals surface area (Å²) in [7, 11) is 1.60. The van der Waals surface area contributed by atoms with Crippen LogP contribution in [0.3, 0.4) is 0 Å². The first-order chi connectivity index (χ1) is 21.4. The van der Waals surface area contributed by atoms with E-state index >= 15 is 0 Å². The van der Waals surface area contributed by atoms with E-state index in [-0.39, 0.29) is 30.0 Å². The minimum atomic E-state index is -0.744. The number of guanidine groups is 1. The number of amides is 2. The zero-order valence-electron chi connectivity index (χ0n) is 24.9. The summed E-state index contributed by atoms with van der Waals surface area (Å²) in [6, 6.07) is 23.2. The molecule has 1 aliphatic heterocycles. The van der Waals surface area contributed by atoms with Crippen molar-refractivity contribution in [2.24, 2.45) is 10.7 Å². The molecule has 44 heavy (non-hydrogen) atoms. The summed E-state index contributed by atoms with van der Waals surface area (Å²) < 4.78 is 27.9. The topological polar surface area (TPSA) is 112 Å². The third-order valence-electron chi connectivity index (χ3n) is 7.74. The number of nitrogens with one attached hydrogen (secondary N) is 3. The van der Waals surface area contributed by atoms with Crippen LogP contribution in [0.5, 0.6) is 0 Å². The van der Waals surface area contributed by atoms with Crippen LogP contribution in [0.25, 0.3) is 6.08 Å². The predicted molar refractivity (Wildman–Crippen MR) is 170 cm³/mol. The van der Waals surface area contributed by atoms with Gasteiger partial charge in [0.2, 0.25) is 11.8 Å². The highest BCUT2D eigenvalue weighted by atomic mass is 19.1. The number of halogens is 2. The summed E-state index contributed by atoms with van der Waals surface area (Å²) in [6.45, 7) is 1.82. The van der Waals surface area contributed by atoms with Gasteiger partial charge in [-0.1, -0.05) is 66.7 Å². The van der Waals surface area contributed by atoms with Crippen LogP contribution in [0.1, 0.15) is 41.9 Å². The number of nitrogens with zero attached hydrogens (tertiary/aromatic N) is 2. The van der Waals surface area contributed by atoms with Gasteiger partial charge in [0, 0.05) is 56.8 Å². The Morgan fingerprint density at radius 2 is 1.66 bits per heavy atom. The average molecular weight is 603 g/mol. The highest BCUT2D eigenvalue weighted by Crippen LogP contribution is 2.27. The van der Waals surface area contributed by atoms with Gasteiger partial charge in [0.05, 0.1) is 6.04 Å². The summed E-state index contributed by atoms with van der Waals surface area (Å²) >= 11 is 0. The van der Waals surface area contributed by atoms with Crippen molar-refractivity contribution in [1.82, 2.24) is 20.9 Å². The van der Waals surface area contributed by atoms with Crippen LogP contribution in [0.15, 0.2) is 89.9 Å². The maximum absolute atomic E-state index is 14.0. The Morgan fingerprint density at radius 3 is 2.27 bits per heavy atom. The fourth-order valence-electron chi connectivity index (χ4n) is 5.34. The Hall–Kier alpha value is -4.57. The number of hydrogen-bond donors (Lipinski definition) is 4. The number of hydrogen-bond acceptors (Lipinski definition) is 4. The molecule has 1 fully saturated rings. The number of aliphatic imine (C=N–C) groups is 1. The molecule has 8 nitrogen and oxygen atoms in total. The fourth-order valence-corrected chi connectivity index (χ4v) is 5.34. The molecule has 3 aromatic rings. The van der Waals surface area contributed by atoms with Gasteiger partial charge in [0.15, 0.2) is 5.96 Å². The molecule has 2 amide bonds. The first kappa shape index (κ1) is 32.3. The zero-order chi connectivity index (χ0) is 31.3. The number of rotatable bonds is 12. The molecule has 10 heteroatoms. The lowest BCUT2D eigenvalue weighted by atomic mass is 9.90. The summed E-state index contributed by atoms with van der Waals surface area (Å²) in [5.41, 5.74) is 7.74. The second-order valence-corrected chi connectivity index (χ2v) is 10.8. The molecule has 0 aliphatic carbocycles. The van der Waals surface area contributed by atoms with Crippen LogP contribution >= 0.6 is 0 Å². The van der Waals surface area contributed by atoms with Crippen molar-refractivity contribution in [3.63, 3.8) is 0 Å². The van der Waals surface area contributed by atoms with Crippen LogP contribution in [0.4, 0.5) is 8.78 Å². The molecule has 0 saturated carbocycles. The second-order valence-electron chi connectivity index (χ2n) is 10.8. The van der Waals surface area contributed by atoms with Crippen LogP contribution < -0.4 is 21.7 Å². The largest absolute Gasteiger partial charge is 0.370 e. The van der Waals surface area contributed by atoms with E-state index in [9.17, 15) is 18.4 Å². The highest BCUT2D eigenvalue weighted by Gasteiger charge is 2.32. The van der Waals surface area contributed by atoms with Crippen molar-refractivity contribution in [3.05, 3.63) is 113 Å². The molecule has 1 saturated heterocycles. The Balaban J connectivity index is 1.47. The van der Waals surface area contributed by atoms with Crippen LogP contribution in [-0.2, 0) is 9.59 Å². The van der Waals surface area contributed by atoms with Crippen molar-refractivity contribution in [2.75, 3.05) is 33.2 Å². The van der Waals surface area contributed by atoms with E-state index < -0.39 is 23.6 Å². The van der Waals surface area contributed by atoms with Gasteiger partial charge in [0.25, 0.3) is 0 Å². The van der Waals surface area contributed by atoms with Crippen LogP contribution in [0.2, 0.25) is 0 Å². The Kier molecular flexibility index (Phi) is 12.0. The molecular weight excluding hydrogens is 562 g/mol. The standard InChI is InChI=1S/C34H40F2N6O2/c1-38-34(37)39-20-9-16-31-33(44)42(23-28(24-10-4-2-5-11-24)25-12-6-3-7-13-25)21-19-26(41-31)22-40-32(43)18-17-27-29(35)14-8-15-30(27)36/h2-8,10-15,17-18,26,28,31,41H,9,16,19-23H2,1H3,(H,40,43)(H3,37,38,39)/b18-17+. The molecule has 0 bridgehead atoms. The van der Waals surface area contributed by atoms with Gasteiger partial charge in [-0.15, -0.1) is 0 Å². The van der Waals surface area contributed by atoms with Gasteiger partial charge < -0.3 is 26.6 Å². The van der Waals surface area contributed by atoms with Crippen molar-refractivity contribution in [1.29, 1.82) is 0 Å².